The van der Waals surface area contributed by atoms with Gasteiger partial charge in [-0.1, -0.05) is 18.2 Å². The van der Waals surface area contributed by atoms with Crippen molar-refractivity contribution in [2.24, 2.45) is 0 Å². The molecule has 26 heavy (non-hydrogen) atoms. The van der Waals surface area contributed by atoms with E-state index >= 15 is 0 Å². The molecule has 2 saturated heterocycles. The highest BCUT2D eigenvalue weighted by molar-refractivity contribution is 7.09. The Balaban J connectivity index is 1.31. The van der Waals surface area contributed by atoms with Gasteiger partial charge in [-0.05, 0) is 31.4 Å². The van der Waals surface area contributed by atoms with Gasteiger partial charge in [0.25, 0.3) is 0 Å². The van der Waals surface area contributed by atoms with Crippen LogP contribution in [0.25, 0.3) is 0 Å². The number of nitrogens with one attached hydrogen (secondary N) is 1. The van der Waals surface area contributed by atoms with E-state index in [-0.39, 0.29) is 11.9 Å². The molecule has 2 fully saturated rings. The van der Waals surface area contributed by atoms with Gasteiger partial charge in [-0.3, -0.25) is 4.79 Å². The molecule has 1 unspecified atom stereocenters. The van der Waals surface area contributed by atoms with Crippen molar-refractivity contribution in [2.75, 3.05) is 24.5 Å². The number of anilines is 1. The predicted molar refractivity (Wildman–Crippen MR) is 101 cm³/mol. The van der Waals surface area contributed by atoms with E-state index in [9.17, 15) is 9.59 Å². The van der Waals surface area contributed by atoms with Gasteiger partial charge in [0.2, 0.25) is 5.91 Å². The summed E-state index contributed by atoms with van der Waals surface area (Å²) in [7, 11) is 0. The second kappa shape index (κ2) is 7.45. The Morgan fingerprint density at radius 3 is 2.58 bits per heavy atom. The summed E-state index contributed by atoms with van der Waals surface area (Å²) in [5.74, 6) is 0.419. The zero-order valence-corrected chi connectivity index (χ0v) is 15.3. The molecule has 3 heterocycles. The number of hydrogen-bond donors (Lipinski definition) is 1. The van der Waals surface area contributed by atoms with Crippen molar-refractivity contribution in [3.05, 3.63) is 46.9 Å². The maximum absolute atomic E-state index is 12.6. The van der Waals surface area contributed by atoms with Gasteiger partial charge in [-0.25, -0.2) is 9.78 Å². The molecular formula is C19H22N4O2S. The summed E-state index contributed by atoms with van der Waals surface area (Å²) in [5.41, 5.74) is 0.888. The topological polar surface area (TPSA) is 65.5 Å². The lowest BCUT2D eigenvalue weighted by Crippen LogP contribution is -2.50. The second-order valence-corrected chi connectivity index (χ2v) is 7.67. The Morgan fingerprint density at radius 1 is 1.12 bits per heavy atom. The van der Waals surface area contributed by atoms with Gasteiger partial charge in [-0.15, -0.1) is 11.3 Å². The third kappa shape index (κ3) is 3.44. The van der Waals surface area contributed by atoms with Crippen LogP contribution < -0.4 is 10.2 Å². The highest BCUT2D eigenvalue weighted by atomic mass is 32.1. The minimum absolute atomic E-state index is 0.0257. The molecule has 2 aliphatic rings. The van der Waals surface area contributed by atoms with Gasteiger partial charge in [0.1, 0.15) is 6.04 Å². The van der Waals surface area contributed by atoms with E-state index in [1.165, 1.54) is 0 Å². The fourth-order valence-corrected chi connectivity index (χ4v) is 4.50. The van der Waals surface area contributed by atoms with Crippen LogP contribution in [0.15, 0.2) is 41.9 Å². The predicted octanol–water partition coefficient (Wildman–Crippen LogP) is 2.84. The third-order valence-corrected chi connectivity index (χ3v) is 6.09. The quantitative estimate of drug-likeness (QED) is 0.903. The Hall–Kier alpha value is -2.41. The van der Waals surface area contributed by atoms with E-state index in [1.807, 2.05) is 46.8 Å². The Kier molecular flexibility index (Phi) is 4.88. The van der Waals surface area contributed by atoms with E-state index < -0.39 is 6.04 Å². The number of urea groups is 1. The Morgan fingerprint density at radius 2 is 1.88 bits per heavy atom. The maximum atomic E-state index is 12.6. The number of hydrogen-bond acceptors (Lipinski definition) is 4. The molecule has 6 nitrogen and oxygen atoms in total. The highest BCUT2D eigenvalue weighted by Gasteiger charge is 2.35. The number of carbonyl (C=O) groups is 2. The highest BCUT2D eigenvalue weighted by Crippen LogP contribution is 2.29. The third-order valence-electron chi connectivity index (χ3n) is 5.15. The summed E-state index contributed by atoms with van der Waals surface area (Å²) >= 11 is 1.68. The monoisotopic (exact) mass is 370 g/mol. The number of rotatable bonds is 3. The molecule has 136 valence electrons. The first kappa shape index (κ1) is 17.0. The standard InChI is InChI=1S/C19H22N4O2S/c24-18-16(8-12-23(18)15-4-2-1-3-5-15)21-19(25)22-10-6-14(7-11-22)17-20-9-13-26-17/h1-5,9,13-14,16H,6-8,10-12H2,(H,21,25). The van der Waals surface area contributed by atoms with Crippen molar-refractivity contribution in [1.29, 1.82) is 0 Å². The number of nitrogens with zero attached hydrogens (tertiary/aromatic N) is 3. The molecule has 3 amide bonds. The molecule has 1 aromatic carbocycles. The lowest BCUT2D eigenvalue weighted by Gasteiger charge is -2.31. The molecule has 0 radical (unpaired) electrons. The average molecular weight is 370 g/mol. The first-order chi connectivity index (χ1) is 12.7. The van der Waals surface area contributed by atoms with Crippen LogP contribution in [0.5, 0.6) is 0 Å². The van der Waals surface area contributed by atoms with Crippen molar-refractivity contribution in [2.45, 2.75) is 31.2 Å². The van der Waals surface area contributed by atoms with Gasteiger partial charge < -0.3 is 15.1 Å². The summed E-state index contributed by atoms with van der Waals surface area (Å²) in [6.45, 7) is 2.05. The summed E-state index contributed by atoms with van der Waals surface area (Å²) < 4.78 is 0. The number of likely N-dealkylation sites (tertiary alicyclic amines) is 1. The number of amides is 3. The SMILES string of the molecule is O=C(NC1CCN(c2ccccc2)C1=O)N1CCC(c2nccs2)CC1. The van der Waals surface area contributed by atoms with Crippen LogP contribution in [0.3, 0.4) is 0 Å². The molecule has 0 aliphatic carbocycles. The largest absolute Gasteiger partial charge is 0.326 e. The van der Waals surface area contributed by atoms with Gasteiger partial charge in [0, 0.05) is 42.8 Å². The van der Waals surface area contributed by atoms with E-state index in [0.29, 0.717) is 32.0 Å². The molecule has 0 bridgehead atoms. The van der Waals surface area contributed by atoms with Crippen LogP contribution in [-0.2, 0) is 4.79 Å². The summed E-state index contributed by atoms with van der Waals surface area (Å²) in [4.78, 5) is 33.1. The molecular weight excluding hydrogens is 348 g/mol. The van der Waals surface area contributed by atoms with E-state index in [4.69, 9.17) is 0 Å². The van der Waals surface area contributed by atoms with Gasteiger partial charge in [0.15, 0.2) is 0 Å². The summed E-state index contributed by atoms with van der Waals surface area (Å²) in [6.07, 6.45) is 4.34. The Labute approximate surface area is 156 Å². The zero-order valence-electron chi connectivity index (χ0n) is 14.5. The van der Waals surface area contributed by atoms with Crippen molar-refractivity contribution >= 4 is 29.0 Å². The number of thiazole rings is 1. The Bertz CT molecular complexity index is 757. The van der Waals surface area contributed by atoms with Crippen LogP contribution in [0.1, 0.15) is 30.2 Å². The first-order valence-electron chi connectivity index (χ1n) is 9.03. The lowest BCUT2D eigenvalue weighted by atomic mass is 9.98. The van der Waals surface area contributed by atoms with E-state index in [1.54, 1.807) is 16.2 Å². The molecule has 1 atom stereocenters. The van der Waals surface area contributed by atoms with Crippen LogP contribution in [0, 0.1) is 0 Å². The van der Waals surface area contributed by atoms with Crippen molar-refractivity contribution in [3.63, 3.8) is 0 Å². The maximum Gasteiger partial charge on any atom is 0.318 e. The summed E-state index contributed by atoms with van der Waals surface area (Å²) in [6, 6.07) is 9.05. The van der Waals surface area contributed by atoms with Gasteiger partial charge in [-0.2, -0.15) is 0 Å². The number of carbonyl (C=O) groups excluding carboxylic acids is 2. The lowest BCUT2D eigenvalue weighted by molar-refractivity contribution is -0.118. The smallest absolute Gasteiger partial charge is 0.318 e. The first-order valence-corrected chi connectivity index (χ1v) is 9.91. The minimum atomic E-state index is -0.431. The molecule has 4 rings (SSSR count). The zero-order chi connectivity index (χ0) is 17.9. The molecule has 2 aromatic rings. The molecule has 1 aromatic heterocycles. The molecule has 2 aliphatic heterocycles. The minimum Gasteiger partial charge on any atom is -0.326 e. The van der Waals surface area contributed by atoms with Crippen molar-refractivity contribution in [1.82, 2.24) is 15.2 Å². The molecule has 7 heteroatoms. The fourth-order valence-electron chi connectivity index (χ4n) is 3.68. The normalized spacial score (nSPS) is 21.2. The molecule has 0 saturated carbocycles. The number of piperidine rings is 1. The number of aromatic nitrogens is 1. The van der Waals surface area contributed by atoms with Gasteiger partial charge >= 0.3 is 6.03 Å². The van der Waals surface area contributed by atoms with Crippen LogP contribution in [0.4, 0.5) is 10.5 Å². The number of benzene rings is 1. The van der Waals surface area contributed by atoms with E-state index in [0.717, 1.165) is 23.5 Å². The van der Waals surface area contributed by atoms with Crippen LogP contribution in [-0.4, -0.2) is 47.5 Å². The van der Waals surface area contributed by atoms with Gasteiger partial charge in [0.05, 0.1) is 5.01 Å². The second-order valence-electron chi connectivity index (χ2n) is 6.75. The van der Waals surface area contributed by atoms with Crippen molar-refractivity contribution in [3.8, 4) is 0 Å². The average Bonchev–Trinajstić information content (AvgIpc) is 3.34. The fraction of sp³-hybridized carbons (Fsp3) is 0.421. The number of para-hydroxylation sites is 1. The summed E-state index contributed by atoms with van der Waals surface area (Å²) in [5, 5.41) is 6.09. The van der Waals surface area contributed by atoms with Crippen molar-refractivity contribution < 1.29 is 9.59 Å². The molecule has 1 N–H and O–H groups in total. The molecule has 0 spiro atoms. The van der Waals surface area contributed by atoms with Crippen LogP contribution >= 0.6 is 11.3 Å². The van der Waals surface area contributed by atoms with Crippen LogP contribution in [0.2, 0.25) is 0 Å². The van der Waals surface area contributed by atoms with E-state index in [2.05, 4.69) is 10.3 Å².